The van der Waals surface area contributed by atoms with Crippen LogP contribution in [0.1, 0.15) is 24.2 Å². The van der Waals surface area contributed by atoms with Gasteiger partial charge in [0.15, 0.2) is 0 Å². The number of rotatable bonds is 4. The molecule has 1 aromatic carbocycles. The number of hydrogen-bond acceptors (Lipinski definition) is 2. The summed E-state index contributed by atoms with van der Waals surface area (Å²) in [5.74, 6) is 1.17. The number of halogens is 4. The minimum absolute atomic E-state index is 0.0286. The van der Waals surface area contributed by atoms with E-state index in [2.05, 4.69) is 21.2 Å². The molecule has 6 heteroatoms. The van der Waals surface area contributed by atoms with Gasteiger partial charge in [0.2, 0.25) is 0 Å². The van der Waals surface area contributed by atoms with Gasteiger partial charge >= 0.3 is 6.18 Å². The highest BCUT2D eigenvalue weighted by Gasteiger charge is 2.33. The molecule has 0 bridgehead atoms. The average Bonchev–Trinajstić information content (AvgIpc) is 3.13. The molecule has 1 heterocycles. The number of benzene rings is 1. The summed E-state index contributed by atoms with van der Waals surface area (Å²) in [4.78, 5) is 0. The van der Waals surface area contributed by atoms with Gasteiger partial charge in [-0.2, -0.15) is 13.2 Å². The third-order valence-electron chi connectivity index (χ3n) is 3.36. The van der Waals surface area contributed by atoms with Crippen LogP contribution in [0.3, 0.4) is 0 Å². The quantitative estimate of drug-likeness (QED) is 0.832. The largest absolute Gasteiger partial charge is 0.460 e. The van der Waals surface area contributed by atoms with Crippen LogP contribution < -0.4 is 5.32 Å². The Morgan fingerprint density at radius 1 is 1.19 bits per heavy atom. The Balaban J connectivity index is 1.82. The maximum atomic E-state index is 12.9. The van der Waals surface area contributed by atoms with Crippen LogP contribution in [0.25, 0.3) is 11.3 Å². The van der Waals surface area contributed by atoms with Crippen LogP contribution in [-0.2, 0) is 12.7 Å². The predicted octanol–water partition coefficient (Wildman–Crippen LogP) is 4.98. The topological polar surface area (TPSA) is 25.2 Å². The average molecular weight is 360 g/mol. The Morgan fingerprint density at radius 2 is 1.95 bits per heavy atom. The van der Waals surface area contributed by atoms with Crippen LogP contribution >= 0.6 is 15.9 Å². The van der Waals surface area contributed by atoms with Crippen molar-refractivity contribution in [3.8, 4) is 11.3 Å². The van der Waals surface area contributed by atoms with E-state index in [1.54, 1.807) is 18.2 Å². The van der Waals surface area contributed by atoms with Crippen LogP contribution in [0.5, 0.6) is 0 Å². The summed E-state index contributed by atoms with van der Waals surface area (Å²) in [7, 11) is 0. The number of alkyl halides is 3. The highest BCUT2D eigenvalue weighted by Crippen LogP contribution is 2.37. The Hall–Kier alpha value is -1.27. The highest BCUT2D eigenvalue weighted by atomic mass is 79.9. The van der Waals surface area contributed by atoms with Crippen molar-refractivity contribution in [3.63, 3.8) is 0 Å². The molecule has 0 atom stereocenters. The fraction of sp³-hybridized carbons (Fsp3) is 0.333. The van der Waals surface area contributed by atoms with Crippen LogP contribution in [-0.4, -0.2) is 6.04 Å². The molecule has 1 saturated carbocycles. The lowest BCUT2D eigenvalue weighted by atomic mass is 10.1. The van der Waals surface area contributed by atoms with Gasteiger partial charge in [0, 0.05) is 16.1 Å². The molecule has 1 fully saturated rings. The zero-order valence-electron chi connectivity index (χ0n) is 11.0. The van der Waals surface area contributed by atoms with Crippen molar-refractivity contribution < 1.29 is 17.6 Å². The molecule has 1 aliphatic rings. The van der Waals surface area contributed by atoms with Crippen molar-refractivity contribution in [2.24, 2.45) is 0 Å². The van der Waals surface area contributed by atoms with Gasteiger partial charge in [-0.25, -0.2) is 0 Å². The van der Waals surface area contributed by atoms with Crippen molar-refractivity contribution in [1.82, 2.24) is 5.32 Å². The number of furan rings is 1. The third kappa shape index (κ3) is 3.49. The first-order valence-electron chi connectivity index (χ1n) is 6.63. The summed E-state index contributed by atoms with van der Waals surface area (Å²) in [6.45, 7) is 0.604. The maximum Gasteiger partial charge on any atom is 0.417 e. The van der Waals surface area contributed by atoms with E-state index in [1.165, 1.54) is 18.9 Å². The molecule has 1 N–H and O–H groups in total. The minimum atomic E-state index is -4.39. The smallest absolute Gasteiger partial charge is 0.417 e. The molecule has 1 aromatic heterocycles. The molecule has 2 aromatic rings. The van der Waals surface area contributed by atoms with E-state index in [1.807, 2.05) is 0 Å². The van der Waals surface area contributed by atoms with Gasteiger partial charge in [-0.05, 0) is 37.1 Å². The molecular weight excluding hydrogens is 347 g/mol. The Kier molecular flexibility index (Phi) is 3.84. The second-order valence-corrected chi connectivity index (χ2v) is 5.97. The lowest BCUT2D eigenvalue weighted by Crippen LogP contribution is -2.14. The standard InChI is InChI=1S/C15H13BrF3NO/c16-13-5-1-9(7-12(13)15(17,18)19)14-6-4-11(21-14)8-20-10-2-3-10/h1,4-7,10,20H,2-3,8H2. The molecule has 0 aliphatic heterocycles. The maximum absolute atomic E-state index is 12.9. The summed E-state index contributed by atoms with van der Waals surface area (Å²) < 4.78 is 44.3. The van der Waals surface area contributed by atoms with E-state index >= 15 is 0 Å². The fourth-order valence-electron chi connectivity index (χ4n) is 2.06. The van der Waals surface area contributed by atoms with E-state index in [0.29, 0.717) is 23.9 Å². The van der Waals surface area contributed by atoms with Crippen LogP contribution in [0, 0.1) is 0 Å². The van der Waals surface area contributed by atoms with Gasteiger partial charge < -0.3 is 9.73 Å². The summed E-state index contributed by atoms with van der Waals surface area (Å²) >= 11 is 2.93. The van der Waals surface area contributed by atoms with Gasteiger partial charge in [-0.15, -0.1) is 0 Å². The predicted molar refractivity (Wildman–Crippen MR) is 76.7 cm³/mol. The first-order chi connectivity index (χ1) is 9.93. The normalized spacial score (nSPS) is 15.4. The Labute approximate surface area is 128 Å². The monoisotopic (exact) mass is 359 g/mol. The van der Waals surface area contributed by atoms with Gasteiger partial charge in [0.1, 0.15) is 11.5 Å². The van der Waals surface area contributed by atoms with Crippen LogP contribution in [0.15, 0.2) is 39.2 Å². The van der Waals surface area contributed by atoms with Gasteiger partial charge in [-0.1, -0.05) is 22.0 Å². The SMILES string of the molecule is FC(F)(F)c1cc(-c2ccc(CNC3CC3)o2)ccc1Br. The Bertz CT molecular complexity index is 647. The van der Waals surface area contributed by atoms with E-state index in [-0.39, 0.29) is 4.47 Å². The summed E-state index contributed by atoms with van der Waals surface area (Å²) in [5, 5.41) is 3.30. The minimum Gasteiger partial charge on any atom is -0.460 e. The van der Waals surface area contributed by atoms with E-state index in [0.717, 1.165) is 11.8 Å². The molecule has 0 radical (unpaired) electrons. The van der Waals surface area contributed by atoms with Crippen molar-refractivity contribution in [3.05, 3.63) is 46.1 Å². The molecule has 3 rings (SSSR count). The second-order valence-electron chi connectivity index (χ2n) is 5.11. The summed E-state index contributed by atoms with van der Waals surface area (Å²) in [6.07, 6.45) is -2.04. The third-order valence-corrected chi connectivity index (χ3v) is 4.05. The Morgan fingerprint density at radius 3 is 2.62 bits per heavy atom. The number of hydrogen-bond donors (Lipinski definition) is 1. The molecule has 0 amide bonds. The molecule has 21 heavy (non-hydrogen) atoms. The number of nitrogens with one attached hydrogen (secondary N) is 1. The fourth-order valence-corrected chi connectivity index (χ4v) is 2.53. The molecule has 0 spiro atoms. The highest BCUT2D eigenvalue weighted by molar-refractivity contribution is 9.10. The lowest BCUT2D eigenvalue weighted by molar-refractivity contribution is -0.138. The lowest BCUT2D eigenvalue weighted by Gasteiger charge is -2.10. The van der Waals surface area contributed by atoms with E-state index in [9.17, 15) is 13.2 Å². The zero-order valence-corrected chi connectivity index (χ0v) is 12.6. The van der Waals surface area contributed by atoms with Crippen LogP contribution in [0.2, 0.25) is 0 Å². The first kappa shape index (κ1) is 14.7. The van der Waals surface area contributed by atoms with Crippen molar-refractivity contribution >= 4 is 15.9 Å². The van der Waals surface area contributed by atoms with E-state index in [4.69, 9.17) is 4.42 Å². The van der Waals surface area contributed by atoms with Crippen molar-refractivity contribution in [2.75, 3.05) is 0 Å². The first-order valence-corrected chi connectivity index (χ1v) is 7.42. The summed E-state index contributed by atoms with van der Waals surface area (Å²) in [6, 6.07) is 8.15. The molecule has 2 nitrogen and oxygen atoms in total. The van der Waals surface area contributed by atoms with E-state index < -0.39 is 11.7 Å². The molecular formula is C15H13BrF3NO. The summed E-state index contributed by atoms with van der Waals surface area (Å²) in [5.41, 5.74) is -0.280. The van der Waals surface area contributed by atoms with Gasteiger partial charge in [0.25, 0.3) is 0 Å². The van der Waals surface area contributed by atoms with Gasteiger partial charge in [-0.3, -0.25) is 0 Å². The zero-order chi connectivity index (χ0) is 15.0. The van der Waals surface area contributed by atoms with Gasteiger partial charge in [0.05, 0.1) is 12.1 Å². The van der Waals surface area contributed by atoms with Crippen molar-refractivity contribution in [1.29, 1.82) is 0 Å². The molecule has 0 saturated heterocycles. The van der Waals surface area contributed by atoms with Crippen LogP contribution in [0.4, 0.5) is 13.2 Å². The van der Waals surface area contributed by atoms with Crippen molar-refractivity contribution in [2.45, 2.75) is 31.6 Å². The molecule has 1 aliphatic carbocycles. The molecule has 112 valence electrons. The second kappa shape index (κ2) is 5.50. The molecule has 0 unspecified atom stereocenters.